The van der Waals surface area contributed by atoms with Crippen LogP contribution in [0.25, 0.3) is 0 Å². The lowest BCUT2D eigenvalue weighted by atomic mass is 9.86. The van der Waals surface area contributed by atoms with E-state index in [1.54, 1.807) is 20.8 Å². The Kier molecular flexibility index (Phi) is 5.74. The van der Waals surface area contributed by atoms with Gasteiger partial charge in [0.05, 0.1) is 0 Å². The first kappa shape index (κ1) is 16.0. The van der Waals surface area contributed by atoms with Crippen molar-refractivity contribution in [1.29, 1.82) is 5.41 Å². The normalized spacial score (nSPS) is 14.5. The zero-order chi connectivity index (χ0) is 13.7. The number of halogens is 3. The molecule has 0 aromatic heterocycles. The van der Waals surface area contributed by atoms with Crippen molar-refractivity contribution in [3.8, 4) is 0 Å². The van der Waals surface area contributed by atoms with Crippen LogP contribution < -0.4 is 16.4 Å². The number of rotatable bonds is 5. The van der Waals surface area contributed by atoms with Crippen molar-refractivity contribution in [2.75, 3.05) is 13.1 Å². The van der Waals surface area contributed by atoms with E-state index in [0.717, 1.165) is 0 Å². The standard InChI is InChI=1S/C10H21F3N4/c1-9(2,3)7(10(11,12)13)16-5-4-6-17-8(14)15/h7,16H,4-6H2,1-3H3,(H4,14,15,17). The maximum absolute atomic E-state index is 12.7. The number of alkyl halides is 3. The van der Waals surface area contributed by atoms with Crippen molar-refractivity contribution in [2.24, 2.45) is 11.1 Å². The van der Waals surface area contributed by atoms with Crippen molar-refractivity contribution in [3.63, 3.8) is 0 Å². The fraction of sp³-hybridized carbons (Fsp3) is 0.900. The van der Waals surface area contributed by atoms with Crippen molar-refractivity contribution < 1.29 is 13.2 Å². The molecule has 102 valence electrons. The number of nitrogens with two attached hydrogens (primary N) is 1. The summed E-state index contributed by atoms with van der Waals surface area (Å²) in [7, 11) is 0. The van der Waals surface area contributed by atoms with E-state index in [0.29, 0.717) is 13.0 Å². The maximum Gasteiger partial charge on any atom is 0.404 e. The van der Waals surface area contributed by atoms with E-state index in [1.165, 1.54) is 0 Å². The van der Waals surface area contributed by atoms with Crippen LogP contribution in [0, 0.1) is 10.8 Å². The van der Waals surface area contributed by atoms with Crippen LogP contribution in [0.4, 0.5) is 13.2 Å². The van der Waals surface area contributed by atoms with E-state index in [2.05, 4.69) is 10.6 Å². The second kappa shape index (κ2) is 6.09. The molecule has 0 aliphatic carbocycles. The van der Waals surface area contributed by atoms with Crippen LogP contribution in [0.3, 0.4) is 0 Å². The summed E-state index contributed by atoms with van der Waals surface area (Å²) in [5, 5.41) is 11.9. The van der Waals surface area contributed by atoms with E-state index < -0.39 is 17.6 Å². The maximum atomic E-state index is 12.7. The van der Waals surface area contributed by atoms with E-state index in [-0.39, 0.29) is 12.5 Å². The van der Waals surface area contributed by atoms with E-state index >= 15 is 0 Å². The summed E-state index contributed by atoms with van der Waals surface area (Å²) in [6, 6.07) is -1.53. The average Bonchev–Trinajstić information content (AvgIpc) is 2.05. The minimum Gasteiger partial charge on any atom is -0.370 e. The second-order valence-electron chi connectivity index (χ2n) is 4.99. The third-order valence-electron chi connectivity index (χ3n) is 2.21. The van der Waals surface area contributed by atoms with Crippen LogP contribution in [0.15, 0.2) is 0 Å². The van der Waals surface area contributed by atoms with Crippen molar-refractivity contribution in [2.45, 2.75) is 39.4 Å². The molecule has 4 nitrogen and oxygen atoms in total. The summed E-state index contributed by atoms with van der Waals surface area (Å²) < 4.78 is 38.2. The van der Waals surface area contributed by atoms with Gasteiger partial charge in [-0.25, -0.2) is 0 Å². The Morgan fingerprint density at radius 2 is 1.76 bits per heavy atom. The minimum atomic E-state index is -4.26. The molecular formula is C10H21F3N4. The molecule has 0 bridgehead atoms. The summed E-state index contributed by atoms with van der Waals surface area (Å²) in [6.07, 6.45) is -3.78. The number of nitrogens with one attached hydrogen (secondary N) is 3. The van der Waals surface area contributed by atoms with Crippen LogP contribution in [0.1, 0.15) is 27.2 Å². The van der Waals surface area contributed by atoms with Crippen LogP contribution in [-0.4, -0.2) is 31.3 Å². The van der Waals surface area contributed by atoms with Crippen LogP contribution in [0.2, 0.25) is 0 Å². The van der Waals surface area contributed by atoms with Gasteiger partial charge in [-0.1, -0.05) is 20.8 Å². The van der Waals surface area contributed by atoms with E-state index in [1.807, 2.05) is 0 Å². The molecule has 0 fully saturated rings. The molecule has 0 heterocycles. The molecule has 0 rings (SSSR count). The fourth-order valence-electron chi connectivity index (χ4n) is 1.47. The topological polar surface area (TPSA) is 73.9 Å². The number of hydrogen-bond donors (Lipinski definition) is 4. The molecule has 0 amide bonds. The molecule has 1 atom stereocenters. The lowest BCUT2D eigenvalue weighted by Gasteiger charge is -2.33. The first-order valence-electron chi connectivity index (χ1n) is 5.43. The molecule has 0 aromatic rings. The smallest absolute Gasteiger partial charge is 0.370 e. The fourth-order valence-corrected chi connectivity index (χ4v) is 1.47. The molecule has 5 N–H and O–H groups in total. The van der Waals surface area contributed by atoms with E-state index in [4.69, 9.17) is 11.1 Å². The Hall–Kier alpha value is -0.980. The molecule has 1 unspecified atom stereocenters. The van der Waals surface area contributed by atoms with Gasteiger partial charge in [0.25, 0.3) is 0 Å². The molecule has 0 aliphatic rings. The zero-order valence-corrected chi connectivity index (χ0v) is 10.4. The quantitative estimate of drug-likeness (QED) is 0.340. The summed E-state index contributed by atoms with van der Waals surface area (Å²) in [4.78, 5) is 0. The first-order valence-corrected chi connectivity index (χ1v) is 5.43. The zero-order valence-electron chi connectivity index (χ0n) is 10.4. The molecule has 7 heteroatoms. The van der Waals surface area contributed by atoms with E-state index in [9.17, 15) is 13.2 Å². The van der Waals surface area contributed by atoms with Gasteiger partial charge in [0, 0.05) is 6.54 Å². The summed E-state index contributed by atoms with van der Waals surface area (Å²) in [5.74, 6) is -0.173. The van der Waals surface area contributed by atoms with Gasteiger partial charge in [-0.15, -0.1) is 0 Å². The van der Waals surface area contributed by atoms with Crippen molar-refractivity contribution in [3.05, 3.63) is 0 Å². The first-order chi connectivity index (χ1) is 7.55. The molecular weight excluding hydrogens is 233 g/mol. The van der Waals surface area contributed by atoms with Crippen LogP contribution in [0.5, 0.6) is 0 Å². The van der Waals surface area contributed by atoms with Gasteiger partial charge < -0.3 is 16.4 Å². The van der Waals surface area contributed by atoms with Crippen LogP contribution >= 0.6 is 0 Å². The third-order valence-corrected chi connectivity index (χ3v) is 2.21. The number of guanidine groups is 1. The van der Waals surface area contributed by atoms with Crippen molar-refractivity contribution >= 4 is 5.96 Å². The SMILES string of the molecule is CC(C)(C)C(NCCCNC(=N)N)C(F)(F)F. The predicted molar refractivity (Wildman–Crippen MR) is 61.8 cm³/mol. The Morgan fingerprint density at radius 1 is 1.24 bits per heavy atom. The van der Waals surface area contributed by atoms with Gasteiger partial charge in [-0.3, -0.25) is 5.41 Å². The Bertz CT molecular complexity index is 231. The minimum absolute atomic E-state index is 0.173. The largest absolute Gasteiger partial charge is 0.404 e. The van der Waals surface area contributed by atoms with Gasteiger partial charge in [0.2, 0.25) is 0 Å². The average molecular weight is 254 g/mol. The molecule has 0 spiro atoms. The molecule has 0 saturated heterocycles. The molecule has 0 radical (unpaired) electrons. The highest BCUT2D eigenvalue weighted by Gasteiger charge is 2.46. The summed E-state index contributed by atoms with van der Waals surface area (Å²) >= 11 is 0. The van der Waals surface area contributed by atoms with Gasteiger partial charge in [0.1, 0.15) is 6.04 Å². The molecule has 0 aliphatic heterocycles. The highest BCUT2D eigenvalue weighted by Crippen LogP contribution is 2.33. The summed E-state index contributed by atoms with van der Waals surface area (Å²) in [5.41, 5.74) is 4.16. The van der Waals surface area contributed by atoms with Gasteiger partial charge >= 0.3 is 6.18 Å². The molecule has 17 heavy (non-hydrogen) atoms. The van der Waals surface area contributed by atoms with Crippen molar-refractivity contribution in [1.82, 2.24) is 10.6 Å². The highest BCUT2D eigenvalue weighted by atomic mass is 19.4. The lowest BCUT2D eigenvalue weighted by Crippen LogP contribution is -2.51. The van der Waals surface area contributed by atoms with Gasteiger partial charge in [0.15, 0.2) is 5.96 Å². The van der Waals surface area contributed by atoms with Gasteiger partial charge in [-0.05, 0) is 18.4 Å². The Balaban J connectivity index is 4.08. The Labute approximate surface area is 99.6 Å². The van der Waals surface area contributed by atoms with Crippen LogP contribution in [-0.2, 0) is 0 Å². The second-order valence-corrected chi connectivity index (χ2v) is 4.99. The third kappa shape index (κ3) is 7.04. The molecule has 0 aromatic carbocycles. The molecule has 0 saturated carbocycles. The highest BCUT2D eigenvalue weighted by molar-refractivity contribution is 5.74. The predicted octanol–water partition coefficient (Wildman–Crippen LogP) is 1.43. The Morgan fingerprint density at radius 3 is 2.12 bits per heavy atom. The van der Waals surface area contributed by atoms with Gasteiger partial charge in [-0.2, -0.15) is 13.2 Å². The number of hydrogen-bond acceptors (Lipinski definition) is 2. The summed E-state index contributed by atoms with van der Waals surface area (Å²) in [6.45, 7) is 5.25. The lowest BCUT2D eigenvalue weighted by molar-refractivity contribution is -0.177. The monoisotopic (exact) mass is 254 g/mol.